The van der Waals surface area contributed by atoms with Gasteiger partial charge >= 0.3 is 6.18 Å². The molecule has 0 aromatic heterocycles. The van der Waals surface area contributed by atoms with Crippen LogP contribution >= 0.6 is 0 Å². The zero-order valence-electron chi connectivity index (χ0n) is 27.5. The molecule has 246 valence electrons. The van der Waals surface area contributed by atoms with Crippen LogP contribution in [0, 0.1) is 35.5 Å². The van der Waals surface area contributed by atoms with Gasteiger partial charge in [-0.3, -0.25) is 4.79 Å². The molecule has 1 saturated heterocycles. The largest absolute Gasteiger partial charge is 0.395 e. The quantitative estimate of drug-likeness (QED) is 0.221. The highest BCUT2D eigenvalue weighted by molar-refractivity contribution is 5.72. The molecule has 43 heavy (non-hydrogen) atoms. The third-order valence-corrected chi connectivity index (χ3v) is 8.07. The lowest BCUT2D eigenvalue weighted by molar-refractivity contribution is -0.160. The normalized spacial score (nSPS) is 24.3. The van der Waals surface area contributed by atoms with E-state index in [4.69, 9.17) is 0 Å². The molecule has 4 aliphatic rings. The molecule has 0 spiro atoms. The van der Waals surface area contributed by atoms with Crippen LogP contribution < -0.4 is 10.6 Å². The number of alkyl halides is 3. The number of nitrogens with zero attached hydrogens (tertiary/aromatic N) is 1. The fourth-order valence-corrected chi connectivity index (χ4v) is 5.39. The molecule has 5 nitrogen and oxygen atoms in total. The SMILES string of the molecule is CC.CC(=O)NCC(O)NC1=CC(C(F)(F)F)CC=C1.CCC(C)C1C=CC=CC=C1.CCCC(C)CN1CC2CC2C1. The summed E-state index contributed by atoms with van der Waals surface area (Å²) in [7, 11) is 0. The number of rotatable bonds is 10. The number of hydrogen-bond donors (Lipinski definition) is 3. The number of hydrogen-bond acceptors (Lipinski definition) is 4. The molecule has 1 amide bonds. The first-order chi connectivity index (χ1) is 20.4. The molecule has 0 bridgehead atoms. The molecule has 1 aliphatic heterocycles. The lowest BCUT2D eigenvalue weighted by Crippen LogP contribution is -2.40. The van der Waals surface area contributed by atoms with Gasteiger partial charge in [0, 0.05) is 32.3 Å². The van der Waals surface area contributed by atoms with Crippen LogP contribution in [0.3, 0.4) is 0 Å². The summed E-state index contributed by atoms with van der Waals surface area (Å²) < 4.78 is 37.4. The minimum atomic E-state index is -4.29. The third kappa shape index (κ3) is 16.4. The third-order valence-electron chi connectivity index (χ3n) is 8.07. The Morgan fingerprint density at radius 2 is 1.67 bits per heavy atom. The molecule has 8 heteroatoms. The molecule has 0 aromatic carbocycles. The van der Waals surface area contributed by atoms with Crippen LogP contribution in [-0.4, -0.2) is 54.5 Å². The van der Waals surface area contributed by atoms with Gasteiger partial charge in [0.25, 0.3) is 0 Å². The maximum absolute atomic E-state index is 12.5. The van der Waals surface area contributed by atoms with Crippen LogP contribution in [0.15, 0.2) is 60.4 Å². The van der Waals surface area contributed by atoms with Gasteiger partial charge in [0.1, 0.15) is 6.23 Å². The highest BCUT2D eigenvalue weighted by Gasteiger charge is 2.44. The number of likely N-dealkylation sites (tertiary alicyclic amines) is 1. The van der Waals surface area contributed by atoms with Gasteiger partial charge in [-0.1, -0.05) is 96.9 Å². The van der Waals surface area contributed by atoms with Gasteiger partial charge in [-0.05, 0) is 61.0 Å². The summed E-state index contributed by atoms with van der Waals surface area (Å²) in [5, 5.41) is 14.3. The number of allylic oxidation sites excluding steroid dienone is 9. The first-order valence-corrected chi connectivity index (χ1v) is 16.3. The number of fused-ring (bicyclic) bond motifs is 1. The van der Waals surface area contributed by atoms with E-state index < -0.39 is 18.3 Å². The standard InChI is InChI=1S/C11H15F3N2O2.C11H21N.C11H16.C2H6/c1-7(17)15-6-10(18)16-9-4-2-3-8(5-9)11(12,13)14;1-3-4-9(2)6-12-7-10-5-11(10)8-12;1-3-10(2)11-8-6-4-5-7-9-11;1-2/h2,4-5,8,10,16,18H,3,6H2,1H3,(H,15,17);9-11H,3-8H2,1-2H3;4-11H,3H2,1-2H3;1-2H3. The number of carbonyl (C=O) groups excluding carboxylic acids is 1. The van der Waals surface area contributed by atoms with Crippen molar-refractivity contribution in [2.45, 2.75) is 93.0 Å². The molecule has 4 rings (SSSR count). The maximum atomic E-state index is 12.5. The van der Waals surface area contributed by atoms with Crippen LogP contribution in [0.1, 0.15) is 80.6 Å². The summed E-state index contributed by atoms with van der Waals surface area (Å²) >= 11 is 0. The van der Waals surface area contributed by atoms with Crippen molar-refractivity contribution in [3.8, 4) is 0 Å². The van der Waals surface area contributed by atoms with Gasteiger partial charge in [-0.15, -0.1) is 0 Å². The van der Waals surface area contributed by atoms with Gasteiger partial charge in [-0.25, -0.2) is 0 Å². The van der Waals surface area contributed by atoms with E-state index in [9.17, 15) is 23.1 Å². The van der Waals surface area contributed by atoms with Crippen molar-refractivity contribution in [3.05, 3.63) is 60.4 Å². The Hall–Kier alpha value is -2.32. The zero-order valence-corrected chi connectivity index (χ0v) is 27.5. The fourth-order valence-electron chi connectivity index (χ4n) is 5.39. The number of nitrogens with one attached hydrogen (secondary N) is 2. The van der Waals surface area contributed by atoms with E-state index in [1.54, 1.807) is 6.42 Å². The van der Waals surface area contributed by atoms with E-state index in [1.807, 2.05) is 13.8 Å². The van der Waals surface area contributed by atoms with Crippen molar-refractivity contribution < 1.29 is 23.1 Å². The monoisotopic (exact) mass is 609 g/mol. The molecule has 6 unspecified atom stereocenters. The number of aliphatic hydroxyl groups excluding tert-OH is 1. The highest BCUT2D eigenvalue weighted by Crippen LogP contribution is 2.45. The molecule has 0 aromatic rings. The summed E-state index contributed by atoms with van der Waals surface area (Å²) in [5.41, 5.74) is 0.196. The summed E-state index contributed by atoms with van der Waals surface area (Å²) in [6.07, 6.45) is 16.9. The second-order valence-electron chi connectivity index (χ2n) is 12.0. The second-order valence-corrected chi connectivity index (χ2v) is 12.0. The Balaban J connectivity index is 0.000000324. The van der Waals surface area contributed by atoms with E-state index in [0.29, 0.717) is 5.92 Å². The summed E-state index contributed by atoms with van der Waals surface area (Å²) in [6, 6.07) is 0. The average Bonchev–Trinajstić information content (AvgIpc) is 3.67. The molecular weight excluding hydrogens is 551 g/mol. The summed E-state index contributed by atoms with van der Waals surface area (Å²) in [6.45, 7) is 18.6. The van der Waals surface area contributed by atoms with Crippen molar-refractivity contribution >= 4 is 5.91 Å². The Bertz CT molecular complexity index is 915. The Kier molecular flexibility index (Phi) is 18.5. The first kappa shape index (κ1) is 38.7. The molecular formula is C35H58F3N3O2. The first-order valence-electron chi connectivity index (χ1n) is 16.3. The fraction of sp³-hybridized carbons (Fsp3) is 0.686. The molecule has 0 radical (unpaired) electrons. The Morgan fingerprint density at radius 3 is 2.19 bits per heavy atom. The molecule has 2 fully saturated rings. The average molecular weight is 610 g/mol. The number of amides is 1. The minimum absolute atomic E-state index is 0.0722. The maximum Gasteiger partial charge on any atom is 0.395 e. The zero-order chi connectivity index (χ0) is 32.4. The van der Waals surface area contributed by atoms with Crippen LogP contribution in [0.5, 0.6) is 0 Å². The molecule has 1 saturated carbocycles. The number of carbonyl (C=O) groups is 1. The molecule has 1 heterocycles. The molecule has 3 aliphatic carbocycles. The van der Waals surface area contributed by atoms with Crippen LogP contribution in [0.25, 0.3) is 0 Å². The van der Waals surface area contributed by atoms with Crippen molar-refractivity contribution in [3.63, 3.8) is 0 Å². The highest BCUT2D eigenvalue weighted by atomic mass is 19.4. The van der Waals surface area contributed by atoms with Gasteiger partial charge in [0.2, 0.25) is 5.91 Å². The smallest absolute Gasteiger partial charge is 0.372 e. The van der Waals surface area contributed by atoms with Crippen LogP contribution in [-0.2, 0) is 4.79 Å². The van der Waals surface area contributed by atoms with Crippen molar-refractivity contribution in [2.24, 2.45) is 35.5 Å². The predicted octanol–water partition coefficient (Wildman–Crippen LogP) is 7.78. The Labute approximate surface area is 259 Å². The summed E-state index contributed by atoms with van der Waals surface area (Å²) in [5.74, 6) is 2.68. The van der Waals surface area contributed by atoms with Crippen molar-refractivity contribution in [1.82, 2.24) is 15.5 Å². The van der Waals surface area contributed by atoms with Crippen molar-refractivity contribution in [1.29, 1.82) is 0 Å². The molecule has 6 atom stereocenters. The van der Waals surface area contributed by atoms with Gasteiger partial charge in [-0.2, -0.15) is 13.2 Å². The number of aliphatic hydroxyl groups is 1. The van der Waals surface area contributed by atoms with E-state index in [0.717, 1.165) is 29.7 Å². The van der Waals surface area contributed by atoms with Gasteiger partial charge in [0.05, 0.1) is 12.5 Å². The second kappa shape index (κ2) is 20.6. The van der Waals surface area contributed by atoms with E-state index in [2.05, 4.69) is 79.7 Å². The van der Waals surface area contributed by atoms with Gasteiger partial charge in [0.15, 0.2) is 0 Å². The van der Waals surface area contributed by atoms with Crippen LogP contribution in [0.2, 0.25) is 0 Å². The van der Waals surface area contributed by atoms with Gasteiger partial charge < -0.3 is 20.6 Å². The van der Waals surface area contributed by atoms with Crippen LogP contribution in [0.4, 0.5) is 13.2 Å². The van der Waals surface area contributed by atoms with E-state index in [-0.39, 0.29) is 24.6 Å². The topological polar surface area (TPSA) is 64.6 Å². The lowest BCUT2D eigenvalue weighted by atomic mass is 9.91. The molecule has 3 N–H and O–H groups in total. The van der Waals surface area contributed by atoms with Crippen molar-refractivity contribution in [2.75, 3.05) is 26.2 Å². The van der Waals surface area contributed by atoms with E-state index in [1.165, 1.54) is 58.0 Å². The lowest BCUT2D eigenvalue weighted by Gasteiger charge is -2.22. The summed E-state index contributed by atoms with van der Waals surface area (Å²) in [4.78, 5) is 13.3. The Morgan fingerprint density at radius 1 is 1.07 bits per heavy atom. The minimum Gasteiger partial charge on any atom is -0.372 e. The predicted molar refractivity (Wildman–Crippen MR) is 173 cm³/mol. The number of piperidine rings is 1. The van der Waals surface area contributed by atoms with E-state index >= 15 is 0 Å². The number of halogens is 3.